The zero-order valence-electron chi connectivity index (χ0n) is 12.0. The number of carbonyl (C=O) groups excluding carboxylic acids is 1. The molecule has 0 atom stereocenters. The van der Waals surface area contributed by atoms with E-state index in [2.05, 4.69) is 10.3 Å². The van der Waals surface area contributed by atoms with Crippen LogP contribution in [0.3, 0.4) is 0 Å². The minimum absolute atomic E-state index is 0.203. The average molecular weight is 343 g/mol. The van der Waals surface area contributed by atoms with E-state index >= 15 is 0 Å². The van der Waals surface area contributed by atoms with Gasteiger partial charge in [-0.25, -0.2) is 0 Å². The molecular formula is C18H12Cl2N2O. The van der Waals surface area contributed by atoms with Crippen molar-refractivity contribution in [2.45, 2.75) is 0 Å². The van der Waals surface area contributed by atoms with E-state index in [9.17, 15) is 4.79 Å². The number of nitrogens with zero attached hydrogens (tertiary/aromatic N) is 1. The van der Waals surface area contributed by atoms with Crippen LogP contribution in [0.5, 0.6) is 0 Å². The van der Waals surface area contributed by atoms with Gasteiger partial charge in [-0.15, -0.1) is 0 Å². The molecule has 3 nitrogen and oxygen atoms in total. The summed E-state index contributed by atoms with van der Waals surface area (Å²) in [6.07, 6.45) is 1.68. The lowest BCUT2D eigenvalue weighted by atomic mass is 10.1. The molecule has 0 aliphatic rings. The second-order valence-electron chi connectivity index (χ2n) is 4.88. The average Bonchev–Trinajstić information content (AvgIpc) is 2.55. The predicted octanol–water partition coefficient (Wildman–Crippen LogP) is 5.31. The van der Waals surface area contributed by atoms with Crippen molar-refractivity contribution in [2.75, 3.05) is 5.32 Å². The van der Waals surface area contributed by atoms with E-state index in [0.717, 1.165) is 5.56 Å². The Morgan fingerprint density at radius 3 is 2.43 bits per heavy atom. The van der Waals surface area contributed by atoms with E-state index in [1.807, 2.05) is 12.1 Å². The van der Waals surface area contributed by atoms with Crippen LogP contribution in [0.2, 0.25) is 10.0 Å². The minimum Gasteiger partial charge on any atom is -0.322 e. The largest absolute Gasteiger partial charge is 0.322 e. The van der Waals surface area contributed by atoms with Crippen LogP contribution in [0, 0.1) is 0 Å². The summed E-state index contributed by atoms with van der Waals surface area (Å²) in [4.78, 5) is 16.5. The number of nitrogens with one attached hydrogen (secondary N) is 1. The normalized spacial score (nSPS) is 10.3. The molecule has 1 heterocycles. The number of aromatic nitrogens is 1. The van der Waals surface area contributed by atoms with Crippen LogP contribution in [0.4, 0.5) is 5.69 Å². The van der Waals surface area contributed by atoms with Crippen LogP contribution < -0.4 is 5.32 Å². The highest BCUT2D eigenvalue weighted by atomic mass is 35.5. The minimum atomic E-state index is -0.203. The molecule has 3 rings (SSSR count). The zero-order chi connectivity index (χ0) is 16.2. The van der Waals surface area contributed by atoms with Gasteiger partial charge in [0.2, 0.25) is 0 Å². The molecule has 1 N–H and O–H groups in total. The summed E-state index contributed by atoms with van der Waals surface area (Å²) >= 11 is 12.0. The maximum Gasteiger partial charge on any atom is 0.255 e. The van der Waals surface area contributed by atoms with E-state index in [-0.39, 0.29) is 5.91 Å². The second kappa shape index (κ2) is 6.82. The van der Waals surface area contributed by atoms with E-state index in [4.69, 9.17) is 23.2 Å². The van der Waals surface area contributed by atoms with Gasteiger partial charge in [0.15, 0.2) is 0 Å². The lowest BCUT2D eigenvalue weighted by Crippen LogP contribution is -2.11. The fourth-order valence-electron chi connectivity index (χ4n) is 2.15. The molecule has 1 aromatic heterocycles. The quantitative estimate of drug-likeness (QED) is 0.700. The van der Waals surface area contributed by atoms with Crippen molar-refractivity contribution in [2.24, 2.45) is 0 Å². The Morgan fingerprint density at radius 2 is 1.74 bits per heavy atom. The molecule has 0 aliphatic heterocycles. The number of rotatable bonds is 3. The SMILES string of the molecule is O=C(Nc1cccc(Cl)c1)c1ccc(-c2ncccc2Cl)cc1. The smallest absolute Gasteiger partial charge is 0.255 e. The number of benzene rings is 2. The number of halogens is 2. The van der Waals surface area contributed by atoms with Crippen LogP contribution in [-0.2, 0) is 0 Å². The van der Waals surface area contributed by atoms with Gasteiger partial charge in [0.1, 0.15) is 0 Å². The molecule has 114 valence electrons. The summed E-state index contributed by atoms with van der Waals surface area (Å²) in [6, 6.07) is 17.7. The van der Waals surface area contributed by atoms with E-state index in [1.54, 1.807) is 54.7 Å². The van der Waals surface area contributed by atoms with E-state index in [1.165, 1.54) is 0 Å². The van der Waals surface area contributed by atoms with Gasteiger partial charge in [-0.2, -0.15) is 0 Å². The molecule has 5 heteroatoms. The highest BCUT2D eigenvalue weighted by Crippen LogP contribution is 2.25. The lowest BCUT2D eigenvalue weighted by molar-refractivity contribution is 0.102. The fraction of sp³-hybridized carbons (Fsp3) is 0. The van der Waals surface area contributed by atoms with Gasteiger partial charge in [0, 0.05) is 28.0 Å². The Hall–Kier alpha value is -2.36. The molecule has 0 bridgehead atoms. The highest BCUT2D eigenvalue weighted by molar-refractivity contribution is 6.33. The Morgan fingerprint density at radius 1 is 0.957 bits per heavy atom. The third-order valence-corrected chi connectivity index (χ3v) is 3.80. The maximum atomic E-state index is 12.2. The first-order chi connectivity index (χ1) is 11.1. The number of carbonyl (C=O) groups is 1. The Labute approximate surface area is 143 Å². The molecule has 0 fully saturated rings. The first-order valence-electron chi connectivity index (χ1n) is 6.91. The summed E-state index contributed by atoms with van der Waals surface area (Å²) in [5, 5.41) is 3.95. The van der Waals surface area contributed by atoms with E-state index < -0.39 is 0 Å². The first-order valence-corrected chi connectivity index (χ1v) is 7.67. The summed E-state index contributed by atoms with van der Waals surface area (Å²) in [5.74, 6) is -0.203. The summed E-state index contributed by atoms with van der Waals surface area (Å²) in [7, 11) is 0. The van der Waals surface area contributed by atoms with E-state index in [0.29, 0.717) is 27.0 Å². The monoisotopic (exact) mass is 342 g/mol. The maximum absolute atomic E-state index is 12.2. The molecule has 0 saturated heterocycles. The van der Waals surface area contributed by atoms with Gasteiger partial charge >= 0.3 is 0 Å². The van der Waals surface area contributed by atoms with Crippen LogP contribution in [0.1, 0.15) is 10.4 Å². The van der Waals surface area contributed by atoms with Crippen LogP contribution in [0.15, 0.2) is 66.9 Å². The molecule has 23 heavy (non-hydrogen) atoms. The van der Waals surface area contributed by atoms with Crippen molar-refractivity contribution < 1.29 is 4.79 Å². The van der Waals surface area contributed by atoms with Crippen molar-refractivity contribution >= 4 is 34.8 Å². The number of amides is 1. The van der Waals surface area contributed by atoms with Crippen molar-refractivity contribution in [1.29, 1.82) is 0 Å². The summed E-state index contributed by atoms with van der Waals surface area (Å²) in [6.45, 7) is 0. The number of hydrogen-bond donors (Lipinski definition) is 1. The van der Waals surface area contributed by atoms with Gasteiger partial charge in [-0.3, -0.25) is 9.78 Å². The van der Waals surface area contributed by atoms with Crippen LogP contribution in [-0.4, -0.2) is 10.9 Å². The Bertz CT molecular complexity index is 848. The van der Waals surface area contributed by atoms with Crippen molar-refractivity contribution in [1.82, 2.24) is 4.98 Å². The van der Waals surface area contributed by atoms with Crippen molar-refractivity contribution in [3.05, 3.63) is 82.5 Å². The van der Waals surface area contributed by atoms with Gasteiger partial charge in [-0.05, 0) is 42.5 Å². The molecule has 0 radical (unpaired) electrons. The molecule has 0 aliphatic carbocycles. The number of hydrogen-bond acceptors (Lipinski definition) is 2. The molecule has 0 unspecified atom stereocenters. The molecule has 1 amide bonds. The standard InChI is InChI=1S/C18H12Cl2N2O/c19-14-3-1-4-15(11-14)22-18(23)13-8-6-12(7-9-13)17-16(20)5-2-10-21-17/h1-11H,(H,22,23). The molecular weight excluding hydrogens is 331 g/mol. The summed E-state index contributed by atoms with van der Waals surface area (Å²) < 4.78 is 0. The lowest BCUT2D eigenvalue weighted by Gasteiger charge is -2.07. The third-order valence-electron chi connectivity index (χ3n) is 3.26. The van der Waals surface area contributed by atoms with Gasteiger partial charge in [-0.1, -0.05) is 41.4 Å². The highest BCUT2D eigenvalue weighted by Gasteiger charge is 2.08. The number of pyridine rings is 1. The van der Waals surface area contributed by atoms with Crippen molar-refractivity contribution in [3.63, 3.8) is 0 Å². The van der Waals surface area contributed by atoms with Gasteiger partial charge in [0.25, 0.3) is 5.91 Å². The van der Waals surface area contributed by atoms with Gasteiger partial charge < -0.3 is 5.32 Å². The third kappa shape index (κ3) is 3.70. The number of anilines is 1. The Balaban J connectivity index is 1.79. The molecule has 3 aromatic rings. The zero-order valence-corrected chi connectivity index (χ0v) is 13.5. The van der Waals surface area contributed by atoms with Gasteiger partial charge in [0.05, 0.1) is 10.7 Å². The topological polar surface area (TPSA) is 42.0 Å². The summed E-state index contributed by atoms with van der Waals surface area (Å²) in [5.41, 5.74) is 2.74. The van der Waals surface area contributed by atoms with Crippen molar-refractivity contribution in [3.8, 4) is 11.3 Å². The molecule has 0 spiro atoms. The Kier molecular flexibility index (Phi) is 4.60. The van der Waals surface area contributed by atoms with Crippen LogP contribution in [0.25, 0.3) is 11.3 Å². The molecule has 2 aromatic carbocycles. The predicted molar refractivity (Wildman–Crippen MR) is 94.1 cm³/mol. The van der Waals surface area contributed by atoms with Crippen LogP contribution >= 0.6 is 23.2 Å². The first kappa shape index (κ1) is 15.5. The second-order valence-corrected chi connectivity index (χ2v) is 5.72. The fourth-order valence-corrected chi connectivity index (χ4v) is 2.57. The molecule has 0 saturated carbocycles.